The van der Waals surface area contributed by atoms with Gasteiger partial charge in [-0.25, -0.2) is 5.84 Å². The van der Waals surface area contributed by atoms with E-state index in [0.29, 0.717) is 24.7 Å². The lowest BCUT2D eigenvalue weighted by Crippen LogP contribution is -2.21. The van der Waals surface area contributed by atoms with E-state index in [-0.39, 0.29) is 12.0 Å². The predicted octanol–water partition coefficient (Wildman–Crippen LogP) is 0.535. The number of nitrogens with one attached hydrogen (secondary N) is 2. The van der Waals surface area contributed by atoms with Crippen LogP contribution in [0, 0.1) is 0 Å². The SMILES string of the molecule is CCOc1nc(NN)nc(NC2CCC(OC)C2)n1. The molecule has 4 N–H and O–H groups in total. The Hall–Kier alpha value is -1.67. The second-order valence-electron chi connectivity index (χ2n) is 4.35. The molecule has 2 atom stereocenters. The highest BCUT2D eigenvalue weighted by atomic mass is 16.5. The van der Waals surface area contributed by atoms with Gasteiger partial charge in [0.2, 0.25) is 11.9 Å². The zero-order chi connectivity index (χ0) is 13.7. The van der Waals surface area contributed by atoms with Gasteiger partial charge < -0.3 is 14.8 Å². The molecule has 0 aromatic carbocycles. The van der Waals surface area contributed by atoms with Crippen molar-refractivity contribution in [3.63, 3.8) is 0 Å². The summed E-state index contributed by atoms with van der Waals surface area (Å²) in [6, 6.07) is 0.557. The van der Waals surface area contributed by atoms with Crippen molar-refractivity contribution in [3.8, 4) is 6.01 Å². The van der Waals surface area contributed by atoms with Crippen LogP contribution in [0.4, 0.5) is 11.9 Å². The number of anilines is 2. The molecule has 0 bridgehead atoms. The normalized spacial score (nSPS) is 22.3. The average Bonchev–Trinajstić information content (AvgIpc) is 2.86. The smallest absolute Gasteiger partial charge is 0.323 e. The summed E-state index contributed by atoms with van der Waals surface area (Å²) in [5.41, 5.74) is 2.40. The van der Waals surface area contributed by atoms with Gasteiger partial charge in [0, 0.05) is 13.2 Å². The molecule has 1 fully saturated rings. The number of nitrogens with zero attached hydrogens (tertiary/aromatic N) is 3. The van der Waals surface area contributed by atoms with Crippen molar-refractivity contribution in [3.05, 3.63) is 0 Å². The Labute approximate surface area is 112 Å². The van der Waals surface area contributed by atoms with Crippen LogP contribution in [0.25, 0.3) is 0 Å². The number of nitrogen functional groups attached to an aromatic ring is 1. The number of rotatable bonds is 6. The van der Waals surface area contributed by atoms with Crippen LogP contribution in [0.2, 0.25) is 0 Å². The van der Waals surface area contributed by atoms with E-state index in [1.165, 1.54) is 0 Å². The van der Waals surface area contributed by atoms with Gasteiger partial charge in [0.15, 0.2) is 0 Å². The van der Waals surface area contributed by atoms with Crippen molar-refractivity contribution in [2.24, 2.45) is 5.84 Å². The van der Waals surface area contributed by atoms with Gasteiger partial charge >= 0.3 is 6.01 Å². The molecule has 1 aliphatic carbocycles. The summed E-state index contributed by atoms with van der Waals surface area (Å²) in [5, 5.41) is 3.26. The first-order chi connectivity index (χ1) is 9.25. The van der Waals surface area contributed by atoms with Crippen molar-refractivity contribution in [1.82, 2.24) is 15.0 Å². The van der Waals surface area contributed by atoms with Crippen LogP contribution in [0.5, 0.6) is 6.01 Å². The molecule has 2 unspecified atom stereocenters. The highest BCUT2D eigenvalue weighted by Gasteiger charge is 2.25. The van der Waals surface area contributed by atoms with Crippen molar-refractivity contribution in [2.45, 2.75) is 38.3 Å². The van der Waals surface area contributed by atoms with Gasteiger partial charge in [-0.2, -0.15) is 15.0 Å². The fraction of sp³-hybridized carbons (Fsp3) is 0.727. The van der Waals surface area contributed by atoms with E-state index in [2.05, 4.69) is 25.7 Å². The predicted molar refractivity (Wildman–Crippen MR) is 70.9 cm³/mol. The Morgan fingerprint density at radius 3 is 2.68 bits per heavy atom. The average molecular weight is 268 g/mol. The van der Waals surface area contributed by atoms with Crippen LogP contribution in [-0.2, 0) is 4.74 Å². The molecule has 1 aromatic rings. The highest BCUT2D eigenvalue weighted by molar-refractivity contribution is 5.36. The lowest BCUT2D eigenvalue weighted by molar-refractivity contribution is 0.108. The van der Waals surface area contributed by atoms with Gasteiger partial charge in [-0.1, -0.05) is 0 Å². The number of hydrogen-bond acceptors (Lipinski definition) is 8. The molecule has 1 saturated carbocycles. The Bertz CT molecular complexity index is 416. The van der Waals surface area contributed by atoms with Crippen LogP contribution in [0.15, 0.2) is 0 Å². The number of nitrogens with two attached hydrogens (primary N) is 1. The second-order valence-corrected chi connectivity index (χ2v) is 4.35. The zero-order valence-electron chi connectivity index (χ0n) is 11.2. The molecule has 0 amide bonds. The minimum Gasteiger partial charge on any atom is -0.464 e. The lowest BCUT2D eigenvalue weighted by atomic mass is 10.2. The molecule has 106 valence electrons. The van der Waals surface area contributed by atoms with Gasteiger partial charge in [-0.3, -0.25) is 5.43 Å². The minimum atomic E-state index is 0.259. The highest BCUT2D eigenvalue weighted by Crippen LogP contribution is 2.24. The molecule has 2 rings (SSSR count). The fourth-order valence-corrected chi connectivity index (χ4v) is 2.15. The quantitative estimate of drug-likeness (QED) is 0.507. The molecular formula is C11H20N6O2. The number of ether oxygens (including phenoxy) is 2. The summed E-state index contributed by atoms with van der Waals surface area (Å²) >= 11 is 0. The third-order valence-electron chi connectivity index (χ3n) is 3.07. The number of hydrogen-bond donors (Lipinski definition) is 3. The molecule has 1 aliphatic rings. The van der Waals surface area contributed by atoms with E-state index >= 15 is 0 Å². The standard InChI is InChI=1S/C11H20N6O2/c1-3-19-11-15-9(14-10(16-11)17-12)13-7-4-5-8(6-7)18-2/h7-8H,3-6,12H2,1-2H3,(H2,13,14,15,16,17). The topological polar surface area (TPSA) is 107 Å². The van der Waals surface area contributed by atoms with Crippen LogP contribution in [0.1, 0.15) is 26.2 Å². The van der Waals surface area contributed by atoms with E-state index in [1.807, 2.05) is 6.92 Å². The molecule has 1 aromatic heterocycles. The molecular weight excluding hydrogens is 248 g/mol. The largest absolute Gasteiger partial charge is 0.464 e. The summed E-state index contributed by atoms with van der Waals surface area (Å²) in [5.74, 6) is 6.08. The van der Waals surface area contributed by atoms with Gasteiger partial charge in [0.05, 0.1) is 12.7 Å². The van der Waals surface area contributed by atoms with Crippen LogP contribution < -0.4 is 21.3 Å². The maximum atomic E-state index is 5.34. The van der Waals surface area contributed by atoms with Gasteiger partial charge in [-0.05, 0) is 26.2 Å². The first-order valence-electron chi connectivity index (χ1n) is 6.40. The Balaban J connectivity index is 2.04. The summed E-state index contributed by atoms with van der Waals surface area (Å²) < 4.78 is 10.6. The molecule has 0 spiro atoms. The zero-order valence-corrected chi connectivity index (χ0v) is 11.2. The van der Waals surface area contributed by atoms with E-state index in [0.717, 1.165) is 19.3 Å². The minimum absolute atomic E-state index is 0.259. The van der Waals surface area contributed by atoms with Crippen molar-refractivity contribution >= 4 is 11.9 Å². The Morgan fingerprint density at radius 2 is 2.05 bits per heavy atom. The van der Waals surface area contributed by atoms with E-state index in [9.17, 15) is 0 Å². The molecule has 0 radical (unpaired) electrons. The van der Waals surface area contributed by atoms with Crippen molar-refractivity contribution in [2.75, 3.05) is 24.5 Å². The van der Waals surface area contributed by atoms with Crippen LogP contribution in [-0.4, -0.2) is 40.8 Å². The molecule has 1 heterocycles. The van der Waals surface area contributed by atoms with Gasteiger partial charge in [0.25, 0.3) is 0 Å². The Morgan fingerprint density at radius 1 is 1.26 bits per heavy atom. The molecule has 19 heavy (non-hydrogen) atoms. The van der Waals surface area contributed by atoms with Crippen molar-refractivity contribution < 1.29 is 9.47 Å². The number of aromatic nitrogens is 3. The number of hydrazine groups is 1. The van der Waals surface area contributed by atoms with Crippen molar-refractivity contribution in [1.29, 1.82) is 0 Å². The molecule has 0 aliphatic heterocycles. The third-order valence-corrected chi connectivity index (χ3v) is 3.07. The molecule has 8 nitrogen and oxygen atoms in total. The second kappa shape index (κ2) is 6.48. The number of methoxy groups -OCH3 is 1. The maximum Gasteiger partial charge on any atom is 0.323 e. The molecule has 0 saturated heterocycles. The lowest BCUT2D eigenvalue weighted by Gasteiger charge is -2.13. The maximum absolute atomic E-state index is 5.34. The van der Waals surface area contributed by atoms with Gasteiger partial charge in [0.1, 0.15) is 0 Å². The third kappa shape index (κ3) is 3.65. The van der Waals surface area contributed by atoms with E-state index in [1.54, 1.807) is 7.11 Å². The van der Waals surface area contributed by atoms with Crippen LogP contribution in [0.3, 0.4) is 0 Å². The summed E-state index contributed by atoms with van der Waals surface area (Å²) in [4.78, 5) is 12.4. The summed E-state index contributed by atoms with van der Waals surface area (Å²) in [6.45, 7) is 2.36. The summed E-state index contributed by atoms with van der Waals surface area (Å²) in [6.07, 6.45) is 3.31. The molecule has 8 heteroatoms. The van der Waals surface area contributed by atoms with Gasteiger partial charge in [-0.15, -0.1) is 0 Å². The van der Waals surface area contributed by atoms with Crippen LogP contribution >= 0.6 is 0 Å². The summed E-state index contributed by atoms with van der Waals surface area (Å²) in [7, 11) is 1.74. The Kier molecular flexibility index (Phi) is 4.69. The van der Waals surface area contributed by atoms with E-state index in [4.69, 9.17) is 15.3 Å². The first kappa shape index (κ1) is 13.8. The fourth-order valence-electron chi connectivity index (χ4n) is 2.15. The monoisotopic (exact) mass is 268 g/mol. The van der Waals surface area contributed by atoms with E-state index < -0.39 is 0 Å². The first-order valence-corrected chi connectivity index (χ1v) is 6.40.